The van der Waals surface area contributed by atoms with E-state index in [1.54, 1.807) is 17.9 Å². The van der Waals surface area contributed by atoms with Gasteiger partial charge >= 0.3 is 0 Å². The fourth-order valence-electron chi connectivity index (χ4n) is 1.62. The van der Waals surface area contributed by atoms with Gasteiger partial charge in [-0.3, -0.25) is 9.48 Å². The molecule has 1 aromatic rings. The van der Waals surface area contributed by atoms with Crippen molar-refractivity contribution in [3.8, 4) is 0 Å². The first kappa shape index (κ1) is 10.0. The molecule has 82 valence electrons. The van der Waals surface area contributed by atoms with Gasteiger partial charge < -0.3 is 11.1 Å². The van der Waals surface area contributed by atoms with Gasteiger partial charge in [0, 0.05) is 19.3 Å². The lowest BCUT2D eigenvalue weighted by molar-refractivity contribution is 0.0941. The fraction of sp³-hybridized carbons (Fsp3) is 0.600. The first-order chi connectivity index (χ1) is 6.90. The average Bonchev–Trinajstić information content (AvgIpc) is 2.53. The topological polar surface area (TPSA) is 72.9 Å². The minimum absolute atomic E-state index is 0.177. The molecule has 3 N–H and O–H groups in total. The Morgan fingerprint density at radius 1 is 1.73 bits per heavy atom. The van der Waals surface area contributed by atoms with Crippen LogP contribution in [0.3, 0.4) is 0 Å². The molecule has 5 nitrogen and oxygen atoms in total. The maximum absolute atomic E-state index is 11.8. The molecule has 5 heteroatoms. The van der Waals surface area contributed by atoms with Gasteiger partial charge in [-0.05, 0) is 11.8 Å². The summed E-state index contributed by atoms with van der Waals surface area (Å²) in [5.74, 6) is -0.177. The van der Waals surface area contributed by atoms with Crippen molar-refractivity contribution in [3.63, 3.8) is 0 Å². The second kappa shape index (κ2) is 2.98. The zero-order chi connectivity index (χ0) is 11.2. The Hall–Kier alpha value is -1.52. The molecular weight excluding hydrogens is 192 g/mol. The summed E-state index contributed by atoms with van der Waals surface area (Å²) in [4.78, 5) is 11.8. The predicted molar refractivity (Wildman–Crippen MR) is 57.3 cm³/mol. The first-order valence-corrected chi connectivity index (χ1v) is 5.00. The van der Waals surface area contributed by atoms with Crippen molar-refractivity contribution in [3.05, 3.63) is 11.9 Å². The van der Waals surface area contributed by atoms with Crippen molar-refractivity contribution < 1.29 is 4.79 Å². The standard InChI is InChI=1S/C10H16N4O/c1-10(2)4-7(10)12-9(15)8-6(11)5-14(3)13-8/h5,7H,4,11H2,1-3H3,(H,12,15). The molecule has 1 heterocycles. The van der Waals surface area contributed by atoms with Gasteiger partial charge in [0.2, 0.25) is 0 Å². The van der Waals surface area contributed by atoms with Crippen LogP contribution in [0, 0.1) is 5.41 Å². The van der Waals surface area contributed by atoms with Crippen LogP contribution in [0.15, 0.2) is 6.20 Å². The summed E-state index contributed by atoms with van der Waals surface area (Å²) >= 11 is 0. The van der Waals surface area contributed by atoms with E-state index in [1.807, 2.05) is 0 Å². The second-order valence-electron chi connectivity index (χ2n) is 4.83. The number of nitrogens with two attached hydrogens (primary N) is 1. The van der Waals surface area contributed by atoms with E-state index >= 15 is 0 Å². The molecule has 0 saturated heterocycles. The van der Waals surface area contributed by atoms with Gasteiger partial charge in [-0.2, -0.15) is 5.10 Å². The van der Waals surface area contributed by atoms with E-state index < -0.39 is 0 Å². The molecule has 0 aromatic carbocycles. The van der Waals surface area contributed by atoms with Crippen LogP contribution < -0.4 is 11.1 Å². The molecule has 0 spiro atoms. The summed E-state index contributed by atoms with van der Waals surface area (Å²) in [6.45, 7) is 4.25. The summed E-state index contributed by atoms with van der Waals surface area (Å²) < 4.78 is 1.54. The number of amides is 1. The highest BCUT2D eigenvalue weighted by Crippen LogP contribution is 2.44. The van der Waals surface area contributed by atoms with Gasteiger partial charge in [0.15, 0.2) is 5.69 Å². The van der Waals surface area contributed by atoms with Crippen LogP contribution >= 0.6 is 0 Å². The quantitative estimate of drug-likeness (QED) is 0.744. The van der Waals surface area contributed by atoms with Crippen molar-refractivity contribution in [2.75, 3.05) is 5.73 Å². The summed E-state index contributed by atoms with van der Waals surface area (Å²) in [5, 5.41) is 6.94. The zero-order valence-electron chi connectivity index (χ0n) is 9.24. The molecule has 2 rings (SSSR count). The van der Waals surface area contributed by atoms with E-state index in [9.17, 15) is 4.79 Å². The number of hydrogen-bond donors (Lipinski definition) is 2. The van der Waals surface area contributed by atoms with E-state index in [2.05, 4.69) is 24.3 Å². The summed E-state index contributed by atoms with van der Waals surface area (Å²) in [6, 6.07) is 0.256. The van der Waals surface area contributed by atoms with Crippen molar-refractivity contribution in [1.82, 2.24) is 15.1 Å². The van der Waals surface area contributed by atoms with Gasteiger partial charge in [-0.25, -0.2) is 0 Å². The van der Waals surface area contributed by atoms with E-state index in [-0.39, 0.29) is 17.4 Å². The molecule has 0 bridgehead atoms. The van der Waals surface area contributed by atoms with E-state index in [1.165, 1.54) is 0 Å². The number of rotatable bonds is 2. The Morgan fingerprint density at radius 3 is 2.73 bits per heavy atom. The monoisotopic (exact) mass is 208 g/mol. The minimum Gasteiger partial charge on any atom is -0.396 e. The van der Waals surface area contributed by atoms with E-state index in [0.717, 1.165) is 6.42 Å². The third-order valence-corrected chi connectivity index (χ3v) is 2.89. The third-order valence-electron chi connectivity index (χ3n) is 2.89. The first-order valence-electron chi connectivity index (χ1n) is 5.00. The lowest BCUT2D eigenvalue weighted by Gasteiger charge is -2.05. The van der Waals surface area contributed by atoms with Crippen LogP contribution in [-0.2, 0) is 7.05 Å². The summed E-state index contributed by atoms with van der Waals surface area (Å²) in [5.41, 5.74) is 6.63. The van der Waals surface area contributed by atoms with Gasteiger partial charge in [-0.15, -0.1) is 0 Å². The van der Waals surface area contributed by atoms with Gasteiger partial charge in [0.1, 0.15) is 0 Å². The Morgan fingerprint density at radius 2 is 2.33 bits per heavy atom. The Bertz CT molecular complexity index is 408. The predicted octanol–water partition coefficient (Wildman–Crippen LogP) is 0.531. The lowest BCUT2D eigenvalue weighted by atomic mass is 10.2. The number of aryl methyl sites for hydroxylation is 1. The normalized spacial score (nSPS) is 22.5. The molecule has 1 fully saturated rings. The highest BCUT2D eigenvalue weighted by Gasteiger charge is 2.46. The fourth-order valence-corrected chi connectivity index (χ4v) is 1.62. The number of nitrogen functional groups attached to an aromatic ring is 1. The number of hydrogen-bond acceptors (Lipinski definition) is 3. The maximum Gasteiger partial charge on any atom is 0.274 e. The van der Waals surface area contributed by atoms with Crippen molar-refractivity contribution in [1.29, 1.82) is 0 Å². The van der Waals surface area contributed by atoms with Crippen LogP contribution in [0.4, 0.5) is 5.69 Å². The highest BCUT2D eigenvalue weighted by molar-refractivity contribution is 5.97. The molecule has 0 aliphatic heterocycles. The molecule has 1 aliphatic carbocycles. The van der Waals surface area contributed by atoms with Crippen molar-refractivity contribution >= 4 is 11.6 Å². The highest BCUT2D eigenvalue weighted by atomic mass is 16.2. The van der Waals surface area contributed by atoms with Crippen molar-refractivity contribution in [2.45, 2.75) is 26.3 Å². The number of nitrogens with one attached hydrogen (secondary N) is 1. The summed E-state index contributed by atoms with van der Waals surface area (Å²) in [7, 11) is 1.74. The second-order valence-corrected chi connectivity index (χ2v) is 4.83. The van der Waals surface area contributed by atoms with Crippen LogP contribution in [0.1, 0.15) is 30.8 Å². The zero-order valence-corrected chi connectivity index (χ0v) is 9.24. The smallest absolute Gasteiger partial charge is 0.274 e. The largest absolute Gasteiger partial charge is 0.396 e. The molecule has 1 atom stereocenters. The molecule has 1 unspecified atom stereocenters. The van der Waals surface area contributed by atoms with Gasteiger partial charge in [-0.1, -0.05) is 13.8 Å². The molecule has 1 saturated carbocycles. The number of aromatic nitrogens is 2. The Kier molecular flexibility index (Phi) is 1.99. The number of carbonyl (C=O) groups excluding carboxylic acids is 1. The van der Waals surface area contributed by atoms with Crippen LogP contribution in [0.5, 0.6) is 0 Å². The van der Waals surface area contributed by atoms with E-state index in [4.69, 9.17) is 5.73 Å². The van der Waals surface area contributed by atoms with Gasteiger partial charge in [0.05, 0.1) is 5.69 Å². The number of anilines is 1. The average molecular weight is 208 g/mol. The number of carbonyl (C=O) groups is 1. The van der Waals surface area contributed by atoms with Gasteiger partial charge in [0.25, 0.3) is 5.91 Å². The molecule has 1 aromatic heterocycles. The number of nitrogens with zero attached hydrogens (tertiary/aromatic N) is 2. The molecular formula is C10H16N4O. The lowest BCUT2D eigenvalue weighted by Crippen LogP contribution is -2.29. The van der Waals surface area contributed by atoms with E-state index in [0.29, 0.717) is 11.4 Å². The minimum atomic E-state index is -0.177. The van der Waals surface area contributed by atoms with Crippen LogP contribution in [0.2, 0.25) is 0 Å². The maximum atomic E-state index is 11.8. The third kappa shape index (κ3) is 1.82. The van der Waals surface area contributed by atoms with Crippen LogP contribution in [-0.4, -0.2) is 21.7 Å². The molecule has 1 amide bonds. The SMILES string of the molecule is Cn1cc(N)c(C(=O)NC2CC2(C)C)n1. The molecule has 1 aliphatic rings. The van der Waals surface area contributed by atoms with Crippen molar-refractivity contribution in [2.24, 2.45) is 12.5 Å². The molecule has 15 heavy (non-hydrogen) atoms. The Labute approximate surface area is 88.6 Å². The van der Waals surface area contributed by atoms with Crippen LogP contribution in [0.25, 0.3) is 0 Å². The molecule has 0 radical (unpaired) electrons. The Balaban J connectivity index is 2.06. The summed E-state index contributed by atoms with van der Waals surface area (Å²) in [6.07, 6.45) is 2.65.